The standard InChI is InChI=1S/C18H17FN4O3S/c1-26-12-4-2-11(3-5-12)23-17(24)14-13(9-27-16(14)20)15(21-23)18(25)22-7-6-10(19)8-22/h2-5,9-10H,6-8,20H2,1H3/t10-/m1/s1. The molecular weight excluding hydrogens is 371 g/mol. The number of carbonyl (C=O) groups is 1. The van der Waals surface area contributed by atoms with E-state index in [9.17, 15) is 14.0 Å². The number of anilines is 1. The maximum absolute atomic E-state index is 13.5. The molecule has 9 heteroatoms. The molecule has 0 spiro atoms. The number of hydrogen-bond acceptors (Lipinski definition) is 6. The molecule has 140 valence electrons. The summed E-state index contributed by atoms with van der Waals surface area (Å²) in [7, 11) is 1.54. The van der Waals surface area contributed by atoms with Crippen molar-refractivity contribution in [3.63, 3.8) is 0 Å². The minimum absolute atomic E-state index is 0.0310. The molecule has 1 aromatic carbocycles. The van der Waals surface area contributed by atoms with Crippen molar-refractivity contribution in [3.05, 3.63) is 45.7 Å². The Labute approximate surface area is 157 Å². The molecule has 1 fully saturated rings. The number of carbonyl (C=O) groups excluding carboxylic acids is 1. The van der Waals surface area contributed by atoms with Crippen LogP contribution in [-0.4, -0.2) is 47.0 Å². The number of thiophene rings is 1. The van der Waals surface area contributed by atoms with Crippen molar-refractivity contribution in [3.8, 4) is 11.4 Å². The number of likely N-dealkylation sites (tertiary alicyclic amines) is 1. The Kier molecular flexibility index (Phi) is 4.31. The van der Waals surface area contributed by atoms with Crippen LogP contribution in [0.1, 0.15) is 16.9 Å². The first-order chi connectivity index (χ1) is 13.0. The Morgan fingerprint density at radius 1 is 1.37 bits per heavy atom. The van der Waals surface area contributed by atoms with Gasteiger partial charge in [0.05, 0.1) is 29.7 Å². The Balaban J connectivity index is 1.89. The van der Waals surface area contributed by atoms with E-state index in [1.807, 2.05) is 0 Å². The Hall–Kier alpha value is -2.94. The molecule has 0 saturated carbocycles. The summed E-state index contributed by atoms with van der Waals surface area (Å²) in [5, 5.41) is 6.93. The number of methoxy groups -OCH3 is 1. The van der Waals surface area contributed by atoms with E-state index in [-0.39, 0.29) is 17.6 Å². The third-order valence-corrected chi connectivity index (χ3v) is 5.43. The number of rotatable bonds is 3. The first-order valence-electron chi connectivity index (χ1n) is 8.37. The van der Waals surface area contributed by atoms with Crippen molar-refractivity contribution in [2.75, 3.05) is 25.9 Å². The largest absolute Gasteiger partial charge is 0.497 e. The predicted octanol–water partition coefficient (Wildman–Crippen LogP) is 2.22. The third-order valence-electron chi connectivity index (χ3n) is 4.62. The van der Waals surface area contributed by atoms with E-state index in [1.54, 1.807) is 36.8 Å². The van der Waals surface area contributed by atoms with Gasteiger partial charge in [0, 0.05) is 17.3 Å². The molecule has 1 aliphatic heterocycles. The smallest absolute Gasteiger partial charge is 0.282 e. The number of hydrogen-bond donors (Lipinski definition) is 1. The summed E-state index contributed by atoms with van der Waals surface area (Å²) in [4.78, 5) is 27.3. The van der Waals surface area contributed by atoms with Gasteiger partial charge in [-0.05, 0) is 30.7 Å². The average molecular weight is 388 g/mol. The van der Waals surface area contributed by atoms with Crippen LogP contribution in [0.15, 0.2) is 34.4 Å². The third kappa shape index (κ3) is 2.93. The van der Waals surface area contributed by atoms with Gasteiger partial charge < -0.3 is 15.4 Å². The summed E-state index contributed by atoms with van der Waals surface area (Å²) in [6.45, 7) is 0.355. The van der Waals surface area contributed by atoms with Crippen molar-refractivity contribution in [2.24, 2.45) is 0 Å². The van der Waals surface area contributed by atoms with Gasteiger partial charge in [0.2, 0.25) is 0 Å². The lowest BCUT2D eigenvalue weighted by Crippen LogP contribution is -2.32. The van der Waals surface area contributed by atoms with Gasteiger partial charge in [0.25, 0.3) is 11.5 Å². The number of nitrogen functional groups attached to an aromatic ring is 1. The summed E-state index contributed by atoms with van der Waals surface area (Å²) >= 11 is 1.18. The van der Waals surface area contributed by atoms with E-state index in [1.165, 1.54) is 16.2 Å². The molecule has 0 aliphatic carbocycles. The molecule has 4 rings (SSSR count). The van der Waals surface area contributed by atoms with E-state index in [4.69, 9.17) is 10.5 Å². The molecule has 1 aliphatic rings. The fourth-order valence-corrected chi connectivity index (χ4v) is 3.97. The molecule has 2 N–H and O–H groups in total. The van der Waals surface area contributed by atoms with E-state index in [0.717, 1.165) is 4.68 Å². The zero-order chi connectivity index (χ0) is 19.1. The number of amides is 1. The quantitative estimate of drug-likeness (QED) is 0.743. The highest BCUT2D eigenvalue weighted by molar-refractivity contribution is 7.15. The van der Waals surface area contributed by atoms with E-state index < -0.39 is 17.6 Å². The average Bonchev–Trinajstić information content (AvgIpc) is 3.28. The Morgan fingerprint density at radius 3 is 2.74 bits per heavy atom. The molecule has 0 unspecified atom stereocenters. The highest BCUT2D eigenvalue weighted by atomic mass is 32.1. The summed E-state index contributed by atoms with van der Waals surface area (Å²) in [5.74, 6) is 0.227. The van der Waals surface area contributed by atoms with Crippen LogP contribution in [0, 0.1) is 0 Å². The van der Waals surface area contributed by atoms with Gasteiger partial charge in [-0.1, -0.05) is 0 Å². The van der Waals surface area contributed by atoms with Crippen molar-refractivity contribution < 1.29 is 13.9 Å². The van der Waals surface area contributed by atoms with Crippen molar-refractivity contribution in [2.45, 2.75) is 12.6 Å². The summed E-state index contributed by atoms with van der Waals surface area (Å²) in [5.41, 5.74) is 6.16. The molecular formula is C18H17FN4O3S. The molecule has 0 bridgehead atoms. The molecule has 0 radical (unpaired) electrons. The fraction of sp³-hybridized carbons (Fsp3) is 0.278. The fourth-order valence-electron chi connectivity index (χ4n) is 3.18. The lowest BCUT2D eigenvalue weighted by molar-refractivity contribution is 0.0777. The number of halogens is 1. The van der Waals surface area contributed by atoms with Gasteiger partial charge in [-0.3, -0.25) is 9.59 Å². The van der Waals surface area contributed by atoms with E-state index in [2.05, 4.69) is 5.10 Å². The topological polar surface area (TPSA) is 90.5 Å². The van der Waals surface area contributed by atoms with Crippen LogP contribution in [0.3, 0.4) is 0 Å². The zero-order valence-electron chi connectivity index (χ0n) is 14.5. The molecule has 1 amide bonds. The molecule has 7 nitrogen and oxygen atoms in total. The van der Waals surface area contributed by atoms with Gasteiger partial charge in [0.1, 0.15) is 11.9 Å². The summed E-state index contributed by atoms with van der Waals surface area (Å²) in [6, 6.07) is 6.73. The SMILES string of the molecule is COc1ccc(-n2nc(C(=O)N3CC[C@@H](F)C3)c3csc(N)c3c2=O)cc1. The normalized spacial score (nSPS) is 16.8. The van der Waals surface area contributed by atoms with Crippen LogP contribution in [-0.2, 0) is 0 Å². The monoisotopic (exact) mass is 388 g/mol. The molecule has 1 atom stereocenters. The van der Waals surface area contributed by atoms with Gasteiger partial charge in [0.15, 0.2) is 5.69 Å². The number of ether oxygens (including phenoxy) is 1. The highest BCUT2D eigenvalue weighted by Crippen LogP contribution is 2.29. The van der Waals surface area contributed by atoms with Crippen LogP contribution in [0.25, 0.3) is 16.5 Å². The van der Waals surface area contributed by atoms with E-state index >= 15 is 0 Å². The zero-order valence-corrected chi connectivity index (χ0v) is 15.3. The second kappa shape index (κ2) is 6.66. The van der Waals surface area contributed by atoms with Gasteiger partial charge in [-0.2, -0.15) is 9.78 Å². The van der Waals surface area contributed by atoms with Crippen LogP contribution in [0.2, 0.25) is 0 Å². The van der Waals surface area contributed by atoms with Gasteiger partial charge >= 0.3 is 0 Å². The van der Waals surface area contributed by atoms with Crippen molar-refractivity contribution >= 4 is 33.0 Å². The predicted molar refractivity (Wildman–Crippen MR) is 102 cm³/mol. The second-order valence-electron chi connectivity index (χ2n) is 6.29. The summed E-state index contributed by atoms with van der Waals surface area (Å²) in [6.07, 6.45) is -0.733. The maximum atomic E-state index is 13.5. The van der Waals surface area contributed by atoms with Crippen LogP contribution in [0.5, 0.6) is 5.75 Å². The number of alkyl halides is 1. The molecule has 27 heavy (non-hydrogen) atoms. The Morgan fingerprint density at radius 2 is 2.11 bits per heavy atom. The Bertz CT molecular complexity index is 1080. The number of aromatic nitrogens is 2. The number of nitrogens with zero attached hydrogens (tertiary/aromatic N) is 3. The van der Waals surface area contributed by atoms with Crippen LogP contribution >= 0.6 is 11.3 Å². The second-order valence-corrected chi connectivity index (χ2v) is 7.20. The molecule has 3 aromatic rings. The lowest BCUT2D eigenvalue weighted by atomic mass is 10.2. The first kappa shape index (κ1) is 17.5. The van der Waals surface area contributed by atoms with Gasteiger partial charge in [-0.25, -0.2) is 4.39 Å². The van der Waals surface area contributed by atoms with Crippen LogP contribution < -0.4 is 16.0 Å². The number of fused-ring (bicyclic) bond motifs is 1. The van der Waals surface area contributed by atoms with Crippen molar-refractivity contribution in [1.82, 2.24) is 14.7 Å². The first-order valence-corrected chi connectivity index (χ1v) is 9.25. The van der Waals surface area contributed by atoms with Gasteiger partial charge in [-0.15, -0.1) is 11.3 Å². The minimum Gasteiger partial charge on any atom is -0.497 e. The number of nitrogens with two attached hydrogens (primary N) is 1. The van der Waals surface area contributed by atoms with Crippen LogP contribution in [0.4, 0.5) is 9.39 Å². The molecule has 1 saturated heterocycles. The molecule has 2 aromatic heterocycles. The highest BCUT2D eigenvalue weighted by Gasteiger charge is 2.30. The van der Waals surface area contributed by atoms with E-state index in [0.29, 0.717) is 34.8 Å². The molecule has 3 heterocycles. The number of benzene rings is 1. The summed E-state index contributed by atoms with van der Waals surface area (Å²) < 4.78 is 19.8. The van der Waals surface area contributed by atoms with Crippen molar-refractivity contribution in [1.29, 1.82) is 0 Å². The lowest BCUT2D eigenvalue weighted by Gasteiger charge is -2.16. The maximum Gasteiger partial charge on any atom is 0.282 e. The minimum atomic E-state index is -1.04.